The second-order valence-electron chi connectivity index (χ2n) is 3.03. The molecule has 1 rings (SSSR count). The van der Waals surface area contributed by atoms with Gasteiger partial charge >= 0.3 is 0 Å². The van der Waals surface area contributed by atoms with E-state index in [0.717, 1.165) is 0 Å². The summed E-state index contributed by atoms with van der Waals surface area (Å²) in [4.78, 5) is 15.2. The van der Waals surface area contributed by atoms with E-state index in [1.807, 2.05) is 0 Å². The lowest BCUT2D eigenvalue weighted by Crippen LogP contribution is -2.06. The molecule has 0 aliphatic rings. The molecule has 0 saturated heterocycles. The summed E-state index contributed by atoms with van der Waals surface area (Å²) in [5.74, 6) is -0.0296. The molecule has 6 heteroatoms. The Bertz CT molecular complexity index is 394. The van der Waals surface area contributed by atoms with Gasteiger partial charge < -0.3 is 0 Å². The minimum atomic E-state index is -2.96. The summed E-state index contributed by atoms with van der Waals surface area (Å²) in [6.07, 6.45) is 1.78. The molecule has 0 saturated carbocycles. The highest BCUT2D eigenvalue weighted by atomic mass is 32.2. The highest BCUT2D eigenvalue weighted by Crippen LogP contribution is 2.06. The third-order valence-electron chi connectivity index (χ3n) is 1.64. The molecular weight excluding hydrogens is 222 g/mol. The van der Waals surface area contributed by atoms with Gasteiger partial charge in [-0.3, -0.25) is 4.79 Å². The third-order valence-corrected chi connectivity index (χ3v) is 3.25. The Morgan fingerprint density at radius 1 is 1.57 bits per heavy atom. The molecule has 14 heavy (non-hydrogen) atoms. The van der Waals surface area contributed by atoms with Crippen molar-refractivity contribution in [3.8, 4) is 0 Å². The van der Waals surface area contributed by atoms with Crippen LogP contribution in [0.2, 0.25) is 0 Å². The Morgan fingerprint density at radius 2 is 2.29 bits per heavy atom. The summed E-state index contributed by atoms with van der Waals surface area (Å²) in [5, 5.41) is 1.67. The second kappa shape index (κ2) is 4.65. The predicted octanol–water partition coefficient (Wildman–Crippen LogP) is 1.15. The van der Waals surface area contributed by atoms with Crippen molar-refractivity contribution in [3.63, 3.8) is 0 Å². The molecule has 0 aliphatic heterocycles. The zero-order valence-corrected chi connectivity index (χ0v) is 9.40. The average molecular weight is 233 g/mol. The average Bonchev–Trinajstić information content (AvgIpc) is 2.53. The first-order valence-corrected chi connectivity index (χ1v) is 7.08. The van der Waals surface area contributed by atoms with Gasteiger partial charge in [0.2, 0.25) is 0 Å². The Labute approximate surface area is 86.9 Å². The van der Waals surface area contributed by atoms with Crippen molar-refractivity contribution in [1.82, 2.24) is 4.98 Å². The summed E-state index contributed by atoms with van der Waals surface area (Å²) in [5.41, 5.74) is 2.02. The lowest BCUT2D eigenvalue weighted by molar-refractivity contribution is 0.0978. The molecule has 4 nitrogen and oxygen atoms in total. The van der Waals surface area contributed by atoms with Gasteiger partial charge in [-0.05, 0) is 6.42 Å². The van der Waals surface area contributed by atoms with Gasteiger partial charge in [-0.2, -0.15) is 0 Å². The first-order valence-electron chi connectivity index (χ1n) is 4.08. The maximum atomic E-state index is 11.3. The van der Waals surface area contributed by atoms with Crippen LogP contribution in [0.25, 0.3) is 0 Å². The number of hydrogen-bond acceptors (Lipinski definition) is 5. The molecule has 0 unspecified atom stereocenters. The van der Waals surface area contributed by atoms with E-state index < -0.39 is 9.84 Å². The zero-order chi connectivity index (χ0) is 10.6. The van der Waals surface area contributed by atoms with Gasteiger partial charge in [0.05, 0.1) is 11.3 Å². The summed E-state index contributed by atoms with van der Waals surface area (Å²) in [6, 6.07) is 0. The van der Waals surface area contributed by atoms with Gasteiger partial charge in [-0.15, -0.1) is 11.3 Å². The van der Waals surface area contributed by atoms with Crippen molar-refractivity contribution in [2.45, 2.75) is 12.8 Å². The monoisotopic (exact) mass is 233 g/mol. The summed E-state index contributed by atoms with van der Waals surface area (Å²) >= 11 is 1.36. The number of carbonyl (C=O) groups excluding carboxylic acids is 1. The summed E-state index contributed by atoms with van der Waals surface area (Å²) in [6.45, 7) is 0. The molecule has 0 N–H and O–H groups in total. The Morgan fingerprint density at radius 3 is 2.79 bits per heavy atom. The molecule has 0 amide bonds. The van der Waals surface area contributed by atoms with Gasteiger partial charge in [-0.25, -0.2) is 13.4 Å². The molecule has 0 aromatic carbocycles. The van der Waals surface area contributed by atoms with E-state index in [1.54, 1.807) is 10.9 Å². The molecule has 1 aromatic rings. The normalized spacial score (nSPS) is 11.5. The SMILES string of the molecule is CS(=O)(=O)CCCC(=O)c1cscn1. The topological polar surface area (TPSA) is 64.1 Å². The summed E-state index contributed by atoms with van der Waals surface area (Å²) < 4.78 is 21.5. The van der Waals surface area contributed by atoms with Crippen LogP contribution in [0, 0.1) is 0 Å². The van der Waals surface area contributed by atoms with Gasteiger partial charge in [-0.1, -0.05) is 0 Å². The van der Waals surface area contributed by atoms with E-state index in [-0.39, 0.29) is 18.0 Å². The van der Waals surface area contributed by atoms with Crippen molar-refractivity contribution in [2.75, 3.05) is 12.0 Å². The molecule has 78 valence electrons. The molecule has 0 bridgehead atoms. The first-order chi connectivity index (χ1) is 6.49. The zero-order valence-electron chi connectivity index (χ0n) is 7.76. The molecule has 0 aliphatic carbocycles. The largest absolute Gasteiger partial charge is 0.292 e. The lowest BCUT2D eigenvalue weighted by atomic mass is 10.2. The number of carbonyl (C=O) groups is 1. The number of thiazole rings is 1. The van der Waals surface area contributed by atoms with Crippen molar-refractivity contribution in [3.05, 3.63) is 16.6 Å². The number of Topliss-reactive ketones (excluding diaryl/α,β-unsaturated/α-hetero) is 1. The fourth-order valence-corrected chi connectivity index (χ4v) is 2.20. The molecule has 0 radical (unpaired) electrons. The van der Waals surface area contributed by atoms with Crippen molar-refractivity contribution in [1.29, 1.82) is 0 Å². The van der Waals surface area contributed by atoms with Gasteiger partial charge in [0.25, 0.3) is 0 Å². The highest BCUT2D eigenvalue weighted by Gasteiger charge is 2.09. The molecule has 0 fully saturated rings. The fourth-order valence-electron chi connectivity index (χ4n) is 0.973. The van der Waals surface area contributed by atoms with Crippen LogP contribution in [0.1, 0.15) is 23.3 Å². The van der Waals surface area contributed by atoms with E-state index in [9.17, 15) is 13.2 Å². The van der Waals surface area contributed by atoms with Crippen LogP contribution in [-0.2, 0) is 9.84 Å². The molecule has 1 heterocycles. The minimum absolute atomic E-state index is 0.0584. The van der Waals surface area contributed by atoms with Crippen LogP contribution in [0.4, 0.5) is 0 Å². The maximum absolute atomic E-state index is 11.3. The van der Waals surface area contributed by atoms with Gasteiger partial charge in [0, 0.05) is 18.1 Å². The van der Waals surface area contributed by atoms with Crippen LogP contribution >= 0.6 is 11.3 Å². The van der Waals surface area contributed by atoms with Crippen molar-refractivity contribution < 1.29 is 13.2 Å². The number of rotatable bonds is 5. The van der Waals surface area contributed by atoms with Crippen molar-refractivity contribution >= 4 is 27.0 Å². The van der Waals surface area contributed by atoms with Crippen LogP contribution in [0.15, 0.2) is 10.9 Å². The predicted molar refractivity (Wildman–Crippen MR) is 55.4 cm³/mol. The number of hydrogen-bond donors (Lipinski definition) is 0. The van der Waals surface area contributed by atoms with Crippen LogP contribution in [-0.4, -0.2) is 31.2 Å². The van der Waals surface area contributed by atoms with Crippen LogP contribution < -0.4 is 0 Å². The third kappa shape index (κ3) is 3.97. The number of nitrogens with zero attached hydrogens (tertiary/aromatic N) is 1. The standard InChI is InChI=1S/C8H11NO3S2/c1-14(11,12)4-2-3-8(10)7-5-13-6-9-7/h5-6H,2-4H2,1H3. The van der Waals surface area contributed by atoms with Crippen molar-refractivity contribution in [2.24, 2.45) is 0 Å². The Kier molecular flexibility index (Phi) is 3.77. The van der Waals surface area contributed by atoms with Gasteiger partial charge in [0.15, 0.2) is 5.78 Å². The molecule has 0 spiro atoms. The van der Waals surface area contributed by atoms with E-state index in [2.05, 4.69) is 4.98 Å². The van der Waals surface area contributed by atoms with E-state index in [4.69, 9.17) is 0 Å². The first kappa shape index (κ1) is 11.3. The number of sulfone groups is 1. The molecule has 1 aromatic heterocycles. The van der Waals surface area contributed by atoms with E-state index >= 15 is 0 Å². The number of aromatic nitrogens is 1. The highest BCUT2D eigenvalue weighted by molar-refractivity contribution is 7.90. The van der Waals surface area contributed by atoms with Gasteiger partial charge in [0.1, 0.15) is 15.5 Å². The Hall–Kier alpha value is -0.750. The smallest absolute Gasteiger partial charge is 0.182 e. The van der Waals surface area contributed by atoms with E-state index in [1.165, 1.54) is 17.6 Å². The number of ketones is 1. The van der Waals surface area contributed by atoms with Crippen LogP contribution in [0.3, 0.4) is 0 Å². The maximum Gasteiger partial charge on any atom is 0.182 e. The second-order valence-corrected chi connectivity index (χ2v) is 6.01. The Balaban J connectivity index is 2.37. The van der Waals surface area contributed by atoms with E-state index in [0.29, 0.717) is 12.1 Å². The van der Waals surface area contributed by atoms with Crippen LogP contribution in [0.5, 0.6) is 0 Å². The molecular formula is C8H11NO3S2. The summed E-state index contributed by atoms with van der Waals surface area (Å²) in [7, 11) is -2.96. The quantitative estimate of drug-likeness (QED) is 0.716. The minimum Gasteiger partial charge on any atom is -0.292 e. The molecule has 0 atom stereocenters. The fraction of sp³-hybridized carbons (Fsp3) is 0.500. The lowest BCUT2D eigenvalue weighted by Gasteiger charge is -1.96.